The molecule has 0 radical (unpaired) electrons. The maximum Gasteiger partial charge on any atom is 0.250 e. The van der Waals surface area contributed by atoms with Crippen molar-refractivity contribution in [2.75, 3.05) is 7.11 Å². The molecule has 0 bridgehead atoms. The van der Waals surface area contributed by atoms with Gasteiger partial charge in [-0.15, -0.1) is 0 Å². The Hall–Kier alpha value is -3.19. The van der Waals surface area contributed by atoms with E-state index in [9.17, 15) is 9.59 Å². The average molecular weight is 395 g/mol. The number of carbonyl (C=O) groups is 2. The minimum Gasteiger partial charge on any atom is -0.497 e. The van der Waals surface area contributed by atoms with Crippen LogP contribution in [0.2, 0.25) is 0 Å². The highest BCUT2D eigenvalue weighted by Crippen LogP contribution is 2.47. The van der Waals surface area contributed by atoms with Gasteiger partial charge in [-0.25, -0.2) is 0 Å². The lowest BCUT2D eigenvalue weighted by Gasteiger charge is -2.09. The minimum absolute atomic E-state index is 0.0367. The number of hydrogen-bond acceptors (Lipinski definition) is 4. The third kappa shape index (κ3) is 5.40. The molecule has 1 saturated carbocycles. The summed E-state index contributed by atoms with van der Waals surface area (Å²) in [5, 5.41) is 2.52. The van der Waals surface area contributed by atoms with E-state index in [1.165, 1.54) is 6.08 Å². The zero-order valence-electron chi connectivity index (χ0n) is 15.3. The molecule has 0 saturated heterocycles. The Morgan fingerprint density at radius 3 is 2.46 bits per heavy atom. The summed E-state index contributed by atoms with van der Waals surface area (Å²) in [7, 11) is 1.59. The third-order valence-electron chi connectivity index (χ3n) is 4.43. The van der Waals surface area contributed by atoms with E-state index in [0.717, 1.165) is 23.3 Å². The zero-order chi connectivity index (χ0) is 19.9. The molecule has 28 heavy (non-hydrogen) atoms. The fourth-order valence-electron chi connectivity index (χ4n) is 2.84. The molecule has 0 spiro atoms. The van der Waals surface area contributed by atoms with Crippen LogP contribution in [-0.2, 0) is 9.59 Å². The second-order valence-corrected chi connectivity index (χ2v) is 6.81. The summed E-state index contributed by atoms with van der Waals surface area (Å²) in [6, 6.07) is 17.2. The molecule has 144 valence electrons. The SMILES string of the molecule is COc1ccc(C=CC(=O)NC(=S)NNC(=O)[C@H]2C[C@@H]2c2ccccc2)cc1. The highest BCUT2D eigenvalue weighted by Gasteiger charge is 2.43. The molecule has 3 N–H and O–H groups in total. The van der Waals surface area contributed by atoms with Gasteiger partial charge in [0, 0.05) is 12.0 Å². The summed E-state index contributed by atoms with van der Waals surface area (Å²) in [4.78, 5) is 24.1. The fourth-order valence-corrected chi connectivity index (χ4v) is 2.99. The summed E-state index contributed by atoms with van der Waals surface area (Å²) in [5.74, 6) is 0.366. The van der Waals surface area contributed by atoms with Gasteiger partial charge in [0.25, 0.3) is 0 Å². The summed E-state index contributed by atoms with van der Waals surface area (Å²) in [5.41, 5.74) is 7.13. The Balaban J connectivity index is 1.39. The molecule has 2 aromatic carbocycles. The predicted octanol–water partition coefficient (Wildman–Crippen LogP) is 2.53. The summed E-state index contributed by atoms with van der Waals surface area (Å²) >= 11 is 5.03. The number of nitrogens with one attached hydrogen (secondary N) is 3. The van der Waals surface area contributed by atoms with Gasteiger partial charge in [-0.1, -0.05) is 42.5 Å². The third-order valence-corrected chi connectivity index (χ3v) is 4.64. The molecule has 0 unspecified atom stereocenters. The molecule has 1 aliphatic carbocycles. The van der Waals surface area contributed by atoms with Crippen molar-refractivity contribution in [3.8, 4) is 5.75 Å². The number of benzene rings is 2. The van der Waals surface area contributed by atoms with Gasteiger partial charge < -0.3 is 4.74 Å². The van der Waals surface area contributed by atoms with Crippen LogP contribution in [0.5, 0.6) is 5.75 Å². The van der Waals surface area contributed by atoms with Crippen molar-refractivity contribution in [3.05, 3.63) is 71.8 Å². The van der Waals surface area contributed by atoms with Crippen molar-refractivity contribution in [2.24, 2.45) is 5.92 Å². The van der Waals surface area contributed by atoms with Crippen LogP contribution in [0.4, 0.5) is 0 Å². The van der Waals surface area contributed by atoms with Crippen LogP contribution < -0.4 is 20.9 Å². The number of methoxy groups -OCH3 is 1. The molecule has 0 heterocycles. The van der Waals surface area contributed by atoms with Crippen LogP contribution >= 0.6 is 12.2 Å². The summed E-state index contributed by atoms with van der Waals surface area (Å²) < 4.78 is 5.08. The Morgan fingerprint density at radius 2 is 1.79 bits per heavy atom. The van der Waals surface area contributed by atoms with E-state index in [1.54, 1.807) is 25.3 Å². The average Bonchev–Trinajstić information content (AvgIpc) is 3.52. The first kappa shape index (κ1) is 19.6. The van der Waals surface area contributed by atoms with Gasteiger partial charge in [0.05, 0.1) is 7.11 Å². The molecule has 3 rings (SSSR count). The first-order valence-electron chi connectivity index (χ1n) is 8.84. The van der Waals surface area contributed by atoms with Crippen LogP contribution in [-0.4, -0.2) is 24.0 Å². The molecule has 2 aromatic rings. The van der Waals surface area contributed by atoms with Gasteiger partial charge in [0.1, 0.15) is 5.75 Å². The molecular weight excluding hydrogens is 374 g/mol. The topological polar surface area (TPSA) is 79.5 Å². The number of hydrogen-bond donors (Lipinski definition) is 3. The molecule has 0 aliphatic heterocycles. The maximum atomic E-state index is 12.2. The van der Waals surface area contributed by atoms with Gasteiger partial charge in [0.2, 0.25) is 11.8 Å². The van der Waals surface area contributed by atoms with E-state index >= 15 is 0 Å². The Labute approximate surface area is 168 Å². The molecule has 2 amide bonds. The lowest BCUT2D eigenvalue weighted by atomic mass is 10.1. The van der Waals surface area contributed by atoms with Crippen molar-refractivity contribution in [1.82, 2.24) is 16.2 Å². The minimum atomic E-state index is -0.392. The Kier molecular flexibility index (Phi) is 6.39. The second-order valence-electron chi connectivity index (χ2n) is 6.40. The maximum absolute atomic E-state index is 12.2. The van der Waals surface area contributed by atoms with Gasteiger partial charge in [-0.3, -0.25) is 25.8 Å². The monoisotopic (exact) mass is 395 g/mol. The van der Waals surface area contributed by atoms with Crippen LogP contribution in [0.1, 0.15) is 23.5 Å². The first-order valence-corrected chi connectivity index (χ1v) is 9.25. The van der Waals surface area contributed by atoms with E-state index in [-0.39, 0.29) is 22.9 Å². The fraction of sp³-hybridized carbons (Fsp3) is 0.190. The number of hydrazine groups is 1. The molecule has 0 aromatic heterocycles. The van der Waals surface area contributed by atoms with Crippen molar-refractivity contribution < 1.29 is 14.3 Å². The Bertz CT molecular complexity index is 882. The first-order chi connectivity index (χ1) is 13.6. The zero-order valence-corrected chi connectivity index (χ0v) is 16.2. The van der Waals surface area contributed by atoms with E-state index < -0.39 is 5.91 Å². The molecule has 6 nitrogen and oxygen atoms in total. The normalized spacial score (nSPS) is 17.6. The van der Waals surface area contributed by atoms with Gasteiger partial charge in [-0.05, 0) is 53.9 Å². The second kappa shape index (κ2) is 9.14. The van der Waals surface area contributed by atoms with Gasteiger partial charge in [0.15, 0.2) is 5.11 Å². The highest BCUT2D eigenvalue weighted by atomic mass is 32.1. The number of amides is 2. The van der Waals surface area contributed by atoms with Crippen LogP contribution in [0, 0.1) is 5.92 Å². The predicted molar refractivity (Wildman–Crippen MR) is 111 cm³/mol. The van der Waals surface area contributed by atoms with Gasteiger partial charge in [-0.2, -0.15) is 0 Å². The smallest absolute Gasteiger partial charge is 0.250 e. The van der Waals surface area contributed by atoms with Crippen molar-refractivity contribution in [3.63, 3.8) is 0 Å². The quantitative estimate of drug-likeness (QED) is 0.412. The summed E-state index contributed by atoms with van der Waals surface area (Å²) in [6.45, 7) is 0. The lowest BCUT2D eigenvalue weighted by molar-refractivity contribution is -0.123. The lowest BCUT2D eigenvalue weighted by Crippen LogP contribution is -2.48. The van der Waals surface area contributed by atoms with Crippen molar-refractivity contribution in [1.29, 1.82) is 0 Å². The number of rotatable bonds is 5. The number of thiocarbonyl (C=S) groups is 1. The Morgan fingerprint density at radius 1 is 1.07 bits per heavy atom. The number of ether oxygens (including phenoxy) is 1. The van der Waals surface area contributed by atoms with Crippen molar-refractivity contribution in [2.45, 2.75) is 12.3 Å². The van der Waals surface area contributed by atoms with Crippen LogP contribution in [0.15, 0.2) is 60.7 Å². The molecule has 1 fully saturated rings. The van der Waals surface area contributed by atoms with Crippen LogP contribution in [0.3, 0.4) is 0 Å². The van der Waals surface area contributed by atoms with E-state index in [1.807, 2.05) is 42.5 Å². The number of carbonyl (C=O) groups excluding carboxylic acids is 2. The largest absolute Gasteiger partial charge is 0.497 e. The van der Waals surface area contributed by atoms with Crippen LogP contribution in [0.25, 0.3) is 6.08 Å². The van der Waals surface area contributed by atoms with E-state index in [4.69, 9.17) is 17.0 Å². The van der Waals surface area contributed by atoms with Gasteiger partial charge >= 0.3 is 0 Å². The molecule has 1 aliphatic rings. The molecule has 7 heteroatoms. The molecule has 2 atom stereocenters. The van der Waals surface area contributed by atoms with E-state index in [2.05, 4.69) is 16.2 Å². The van der Waals surface area contributed by atoms with E-state index in [0.29, 0.717) is 0 Å². The summed E-state index contributed by atoms with van der Waals surface area (Å²) in [6.07, 6.45) is 3.83. The molecular formula is C21H21N3O3S. The van der Waals surface area contributed by atoms with Crippen molar-refractivity contribution >= 4 is 35.2 Å². The standard InChI is InChI=1S/C21H21N3O3S/c1-27-16-10-7-14(8-11-16)9-12-19(25)22-21(28)24-23-20(26)18-13-17(18)15-5-3-2-4-6-15/h2-12,17-18H,13H2,1H3,(H,23,26)(H2,22,24,25,28)/t17-,18+/m1/s1. The highest BCUT2D eigenvalue weighted by molar-refractivity contribution is 7.80.